The van der Waals surface area contributed by atoms with Gasteiger partial charge in [0.1, 0.15) is 0 Å². The molecular weight excluding hydrogens is 296 g/mol. The number of carboxylic acids is 1. The minimum Gasteiger partial charge on any atom is -0.478 e. The van der Waals surface area contributed by atoms with Crippen LogP contribution >= 0.6 is 0 Å². The summed E-state index contributed by atoms with van der Waals surface area (Å²) in [5.41, 5.74) is -0.119. The van der Waals surface area contributed by atoms with Crippen LogP contribution in [0.3, 0.4) is 0 Å². The molecule has 6 heteroatoms. The van der Waals surface area contributed by atoms with Gasteiger partial charge in [-0.15, -0.1) is 0 Å². The van der Waals surface area contributed by atoms with E-state index in [1.165, 1.54) is 0 Å². The average Bonchev–Trinajstić information content (AvgIpc) is 2.55. The summed E-state index contributed by atoms with van der Waals surface area (Å²) in [4.78, 5) is 38.0. The molecule has 0 aliphatic heterocycles. The van der Waals surface area contributed by atoms with Crippen molar-refractivity contribution < 1.29 is 9.90 Å². The van der Waals surface area contributed by atoms with E-state index in [2.05, 4.69) is 4.98 Å². The SMILES string of the molecule is O=C(O)C=C(c1ccccc1)n1c(=O)c(=O)[nH]c2ccccc21. The molecular formula is C17H12N2O4. The first-order valence-corrected chi connectivity index (χ1v) is 6.82. The Morgan fingerprint density at radius 2 is 1.65 bits per heavy atom. The quantitative estimate of drug-likeness (QED) is 0.568. The predicted molar refractivity (Wildman–Crippen MR) is 86.3 cm³/mol. The summed E-state index contributed by atoms with van der Waals surface area (Å²) >= 11 is 0. The Bertz CT molecular complexity index is 1030. The lowest BCUT2D eigenvalue weighted by molar-refractivity contribution is -0.131. The highest BCUT2D eigenvalue weighted by atomic mass is 16.4. The number of rotatable bonds is 3. The van der Waals surface area contributed by atoms with Gasteiger partial charge in [0.05, 0.1) is 16.7 Å². The number of fused-ring (bicyclic) bond motifs is 1. The van der Waals surface area contributed by atoms with Gasteiger partial charge in [-0.3, -0.25) is 14.2 Å². The number of H-pyrrole nitrogens is 1. The fourth-order valence-electron chi connectivity index (χ4n) is 2.40. The second-order valence-corrected chi connectivity index (χ2v) is 4.85. The molecule has 2 N–H and O–H groups in total. The lowest BCUT2D eigenvalue weighted by Gasteiger charge is -2.13. The summed E-state index contributed by atoms with van der Waals surface area (Å²) < 4.78 is 1.12. The van der Waals surface area contributed by atoms with Crippen LogP contribution in [0.25, 0.3) is 16.7 Å². The Morgan fingerprint density at radius 1 is 1.00 bits per heavy atom. The standard InChI is InChI=1S/C17H12N2O4/c20-15(21)10-14(11-6-2-1-3-7-11)19-13-9-5-4-8-12(13)18-16(22)17(19)23/h1-10H,(H,18,22)(H,20,21). The Kier molecular flexibility index (Phi) is 3.64. The molecule has 0 atom stereocenters. The summed E-state index contributed by atoms with van der Waals surface area (Å²) in [7, 11) is 0. The van der Waals surface area contributed by atoms with Gasteiger partial charge in [0.2, 0.25) is 0 Å². The van der Waals surface area contributed by atoms with Crippen molar-refractivity contribution in [3.05, 3.63) is 86.9 Å². The largest absolute Gasteiger partial charge is 0.478 e. The van der Waals surface area contributed by atoms with E-state index in [0.717, 1.165) is 10.6 Å². The van der Waals surface area contributed by atoms with Crippen LogP contribution in [0.4, 0.5) is 0 Å². The van der Waals surface area contributed by atoms with Crippen LogP contribution in [0.5, 0.6) is 0 Å². The fraction of sp³-hybridized carbons (Fsp3) is 0. The Hall–Kier alpha value is -3.41. The number of nitrogens with one attached hydrogen (secondary N) is 1. The van der Waals surface area contributed by atoms with Crippen molar-refractivity contribution in [1.29, 1.82) is 0 Å². The number of hydrogen-bond acceptors (Lipinski definition) is 3. The molecule has 1 heterocycles. The first kappa shape index (κ1) is 14.5. The number of aliphatic carboxylic acids is 1. The third-order valence-corrected chi connectivity index (χ3v) is 3.36. The van der Waals surface area contributed by atoms with Crippen LogP contribution in [-0.4, -0.2) is 20.6 Å². The number of carboxylic acid groups (broad SMARTS) is 1. The molecule has 114 valence electrons. The lowest BCUT2D eigenvalue weighted by atomic mass is 10.1. The first-order valence-electron chi connectivity index (χ1n) is 6.82. The number of benzene rings is 2. The highest BCUT2D eigenvalue weighted by molar-refractivity contribution is 5.92. The molecule has 0 radical (unpaired) electrons. The van der Waals surface area contributed by atoms with Crippen LogP contribution < -0.4 is 11.1 Å². The zero-order valence-corrected chi connectivity index (χ0v) is 11.9. The third-order valence-electron chi connectivity index (χ3n) is 3.36. The second kappa shape index (κ2) is 5.76. The number of nitrogens with zero attached hydrogens (tertiary/aromatic N) is 1. The maximum Gasteiger partial charge on any atom is 0.330 e. The smallest absolute Gasteiger partial charge is 0.330 e. The van der Waals surface area contributed by atoms with Gasteiger partial charge in [-0.2, -0.15) is 0 Å². The van der Waals surface area contributed by atoms with E-state index in [0.29, 0.717) is 16.6 Å². The number of aromatic nitrogens is 2. The third kappa shape index (κ3) is 2.69. The highest BCUT2D eigenvalue weighted by Gasteiger charge is 2.14. The van der Waals surface area contributed by atoms with Gasteiger partial charge in [-0.05, 0) is 17.7 Å². The Labute approximate surface area is 130 Å². The van der Waals surface area contributed by atoms with E-state index in [-0.39, 0.29) is 5.70 Å². The molecule has 0 amide bonds. The van der Waals surface area contributed by atoms with Crippen molar-refractivity contribution in [3.8, 4) is 0 Å². The number of aromatic amines is 1. The number of carbonyl (C=O) groups is 1. The molecule has 0 saturated heterocycles. The van der Waals surface area contributed by atoms with Gasteiger partial charge in [0.15, 0.2) is 0 Å². The van der Waals surface area contributed by atoms with Crippen molar-refractivity contribution in [2.45, 2.75) is 0 Å². The van der Waals surface area contributed by atoms with Crippen molar-refractivity contribution in [2.75, 3.05) is 0 Å². The molecule has 0 unspecified atom stereocenters. The molecule has 0 spiro atoms. The van der Waals surface area contributed by atoms with Crippen molar-refractivity contribution in [1.82, 2.24) is 9.55 Å². The van der Waals surface area contributed by atoms with Crippen molar-refractivity contribution in [3.63, 3.8) is 0 Å². The van der Waals surface area contributed by atoms with Crippen molar-refractivity contribution in [2.24, 2.45) is 0 Å². The minimum absolute atomic E-state index is 0.130. The maximum absolute atomic E-state index is 12.4. The first-order chi connectivity index (χ1) is 11.1. The minimum atomic E-state index is -1.21. The van der Waals surface area contributed by atoms with Gasteiger partial charge < -0.3 is 10.1 Å². The zero-order valence-electron chi connectivity index (χ0n) is 11.9. The molecule has 2 aromatic carbocycles. The summed E-state index contributed by atoms with van der Waals surface area (Å²) in [6.07, 6.45) is 0.919. The molecule has 0 aliphatic rings. The Balaban J connectivity index is 2.45. The van der Waals surface area contributed by atoms with E-state index in [4.69, 9.17) is 5.11 Å². The van der Waals surface area contributed by atoms with Crippen LogP contribution in [0.1, 0.15) is 5.56 Å². The molecule has 0 aliphatic carbocycles. The lowest BCUT2D eigenvalue weighted by Crippen LogP contribution is -2.36. The van der Waals surface area contributed by atoms with Gasteiger partial charge >= 0.3 is 17.1 Å². The molecule has 0 fully saturated rings. The van der Waals surface area contributed by atoms with Crippen LogP contribution in [0.2, 0.25) is 0 Å². The normalized spacial score (nSPS) is 11.6. The molecule has 0 bridgehead atoms. The summed E-state index contributed by atoms with van der Waals surface area (Å²) in [6.45, 7) is 0. The van der Waals surface area contributed by atoms with Crippen LogP contribution in [-0.2, 0) is 4.79 Å². The average molecular weight is 308 g/mol. The van der Waals surface area contributed by atoms with E-state index < -0.39 is 17.1 Å². The topological polar surface area (TPSA) is 92.2 Å². The summed E-state index contributed by atoms with van der Waals surface area (Å²) in [6, 6.07) is 15.3. The van der Waals surface area contributed by atoms with E-state index in [1.807, 2.05) is 0 Å². The van der Waals surface area contributed by atoms with Gasteiger partial charge in [0.25, 0.3) is 0 Å². The number of para-hydroxylation sites is 2. The van der Waals surface area contributed by atoms with Crippen LogP contribution in [0, 0.1) is 0 Å². The van der Waals surface area contributed by atoms with E-state index in [1.54, 1.807) is 54.6 Å². The molecule has 23 heavy (non-hydrogen) atoms. The maximum atomic E-state index is 12.4. The molecule has 3 aromatic rings. The van der Waals surface area contributed by atoms with Gasteiger partial charge in [-0.25, -0.2) is 4.79 Å². The zero-order chi connectivity index (χ0) is 16.4. The number of hydrogen-bond donors (Lipinski definition) is 2. The molecule has 3 rings (SSSR count). The highest BCUT2D eigenvalue weighted by Crippen LogP contribution is 2.19. The second-order valence-electron chi connectivity index (χ2n) is 4.85. The summed E-state index contributed by atoms with van der Waals surface area (Å²) in [5.74, 6) is -1.21. The summed E-state index contributed by atoms with van der Waals surface area (Å²) in [5, 5.41) is 9.16. The van der Waals surface area contributed by atoms with E-state index >= 15 is 0 Å². The van der Waals surface area contributed by atoms with Crippen LogP contribution in [0.15, 0.2) is 70.3 Å². The fourth-order valence-corrected chi connectivity index (χ4v) is 2.40. The van der Waals surface area contributed by atoms with Gasteiger partial charge in [-0.1, -0.05) is 42.5 Å². The molecule has 0 saturated carbocycles. The van der Waals surface area contributed by atoms with E-state index in [9.17, 15) is 14.4 Å². The monoisotopic (exact) mass is 308 g/mol. The Morgan fingerprint density at radius 3 is 2.35 bits per heavy atom. The predicted octanol–water partition coefficient (Wildman–Crippen LogP) is 1.66. The van der Waals surface area contributed by atoms with Crippen molar-refractivity contribution >= 4 is 22.7 Å². The van der Waals surface area contributed by atoms with Gasteiger partial charge in [0, 0.05) is 6.08 Å². The molecule has 6 nitrogen and oxygen atoms in total. The molecule has 1 aromatic heterocycles.